The predicted octanol–water partition coefficient (Wildman–Crippen LogP) is 8.50. The smallest absolute Gasteiger partial charge is 0.136 e. The molecule has 2 aliphatic rings. The van der Waals surface area contributed by atoms with Crippen LogP contribution in [0.3, 0.4) is 0 Å². The Bertz CT molecular complexity index is 1380. The lowest BCUT2D eigenvalue weighted by atomic mass is 9.84. The summed E-state index contributed by atoms with van der Waals surface area (Å²) < 4.78 is 6.50. The first-order valence-corrected chi connectivity index (χ1v) is 13.4. The standard InChI is InChI=1S/C35H37NO/c1-6-25-15-19-27(20-16-25)29-23-30(37-33(24-29)28-21-17-26(7-2)18-22-28)11-10-14-34-35(3,4)31-12-8-9-13-32(31)36(34)5/h8-24,30H,6-7H2,1-5H3/b11-10+,34-14+. The van der Waals surface area contributed by atoms with E-state index >= 15 is 0 Å². The van der Waals surface area contributed by atoms with Crippen molar-refractivity contribution in [2.45, 2.75) is 52.1 Å². The van der Waals surface area contributed by atoms with Crippen LogP contribution in [0.2, 0.25) is 0 Å². The van der Waals surface area contributed by atoms with Gasteiger partial charge in [-0.1, -0.05) is 101 Å². The molecule has 2 nitrogen and oxygen atoms in total. The second-order valence-corrected chi connectivity index (χ2v) is 10.5. The van der Waals surface area contributed by atoms with E-state index in [9.17, 15) is 0 Å². The number of hydrogen-bond donors (Lipinski definition) is 0. The van der Waals surface area contributed by atoms with Crippen molar-refractivity contribution in [3.63, 3.8) is 0 Å². The molecule has 5 rings (SSSR count). The molecule has 0 radical (unpaired) electrons. The van der Waals surface area contributed by atoms with E-state index in [1.807, 2.05) is 0 Å². The molecule has 0 N–H and O–H groups in total. The van der Waals surface area contributed by atoms with Crippen molar-refractivity contribution < 1.29 is 4.74 Å². The largest absolute Gasteiger partial charge is 0.482 e. The molecule has 2 heteroatoms. The van der Waals surface area contributed by atoms with E-state index in [0.29, 0.717) is 0 Å². The molecule has 2 heterocycles. The van der Waals surface area contributed by atoms with E-state index in [1.54, 1.807) is 0 Å². The zero-order valence-corrected chi connectivity index (χ0v) is 22.7. The molecule has 3 aromatic rings. The minimum absolute atomic E-state index is 0.0444. The monoisotopic (exact) mass is 487 g/mol. The highest BCUT2D eigenvalue weighted by Gasteiger charge is 2.37. The summed E-state index contributed by atoms with van der Waals surface area (Å²) in [5.41, 5.74) is 10.1. The number of anilines is 1. The molecule has 37 heavy (non-hydrogen) atoms. The van der Waals surface area contributed by atoms with Gasteiger partial charge in [-0.25, -0.2) is 0 Å². The predicted molar refractivity (Wildman–Crippen MR) is 158 cm³/mol. The van der Waals surface area contributed by atoms with Crippen molar-refractivity contribution in [3.05, 3.63) is 137 Å². The summed E-state index contributed by atoms with van der Waals surface area (Å²) >= 11 is 0. The number of fused-ring (bicyclic) bond motifs is 1. The van der Waals surface area contributed by atoms with Crippen LogP contribution in [0.25, 0.3) is 11.3 Å². The zero-order valence-electron chi connectivity index (χ0n) is 22.7. The van der Waals surface area contributed by atoms with Crippen LogP contribution in [0, 0.1) is 0 Å². The number of nitrogens with zero attached hydrogens (tertiary/aromatic N) is 1. The molecule has 0 fully saturated rings. The molecule has 0 amide bonds. The van der Waals surface area contributed by atoms with Gasteiger partial charge in [0.1, 0.15) is 11.9 Å². The molecule has 188 valence electrons. The summed E-state index contributed by atoms with van der Waals surface area (Å²) in [6, 6.07) is 26.3. The molecule has 0 bridgehead atoms. The Kier molecular flexibility index (Phi) is 6.93. The SMILES string of the molecule is CCc1ccc(C2=CC(/C=C/C=C3/N(C)c4ccccc4C3(C)C)OC(c3ccc(CC)cc3)=C2)cc1. The highest BCUT2D eigenvalue weighted by atomic mass is 16.5. The van der Waals surface area contributed by atoms with Crippen LogP contribution in [-0.2, 0) is 23.0 Å². The van der Waals surface area contributed by atoms with E-state index in [2.05, 4.69) is 143 Å². The van der Waals surface area contributed by atoms with Crippen LogP contribution in [-0.4, -0.2) is 13.2 Å². The molecular weight excluding hydrogens is 450 g/mol. The first-order valence-electron chi connectivity index (χ1n) is 13.4. The normalized spacial score (nSPS) is 19.5. The maximum atomic E-state index is 6.50. The molecule has 0 aliphatic carbocycles. The molecule has 2 aliphatic heterocycles. The lowest BCUT2D eigenvalue weighted by Gasteiger charge is -2.24. The summed E-state index contributed by atoms with van der Waals surface area (Å²) in [5.74, 6) is 0.910. The first-order chi connectivity index (χ1) is 17.9. The van der Waals surface area contributed by atoms with Crippen LogP contribution >= 0.6 is 0 Å². The minimum Gasteiger partial charge on any atom is -0.482 e. The Morgan fingerprint density at radius 2 is 1.46 bits per heavy atom. The molecule has 1 unspecified atom stereocenters. The van der Waals surface area contributed by atoms with Crippen molar-refractivity contribution in [3.8, 4) is 0 Å². The fourth-order valence-corrected chi connectivity index (χ4v) is 5.40. The van der Waals surface area contributed by atoms with Gasteiger partial charge in [-0.05, 0) is 71.0 Å². The summed E-state index contributed by atoms with van der Waals surface area (Å²) in [7, 11) is 2.16. The van der Waals surface area contributed by atoms with Crippen LogP contribution in [0.5, 0.6) is 0 Å². The number of para-hydroxylation sites is 1. The van der Waals surface area contributed by atoms with E-state index in [-0.39, 0.29) is 11.5 Å². The van der Waals surface area contributed by atoms with Gasteiger partial charge in [0.05, 0.1) is 0 Å². The second kappa shape index (κ2) is 10.3. The second-order valence-electron chi connectivity index (χ2n) is 10.5. The van der Waals surface area contributed by atoms with Gasteiger partial charge >= 0.3 is 0 Å². The fourth-order valence-electron chi connectivity index (χ4n) is 5.40. The Labute approximate surface area is 222 Å². The maximum Gasteiger partial charge on any atom is 0.136 e. The molecule has 3 aromatic carbocycles. The topological polar surface area (TPSA) is 12.5 Å². The number of benzene rings is 3. The van der Waals surface area contributed by atoms with Crippen molar-refractivity contribution in [2.24, 2.45) is 0 Å². The lowest BCUT2D eigenvalue weighted by molar-refractivity contribution is 0.253. The van der Waals surface area contributed by atoms with Crippen LogP contribution in [0.1, 0.15) is 55.5 Å². The van der Waals surface area contributed by atoms with Gasteiger partial charge in [-0.2, -0.15) is 0 Å². The van der Waals surface area contributed by atoms with Crippen LogP contribution < -0.4 is 4.90 Å². The van der Waals surface area contributed by atoms with E-state index in [0.717, 1.165) is 24.2 Å². The summed E-state index contributed by atoms with van der Waals surface area (Å²) in [6.07, 6.45) is 12.9. The third-order valence-corrected chi connectivity index (χ3v) is 7.73. The van der Waals surface area contributed by atoms with Crippen molar-refractivity contribution >= 4 is 17.0 Å². The van der Waals surface area contributed by atoms with Gasteiger partial charge in [-0.15, -0.1) is 0 Å². The quantitative estimate of drug-likeness (QED) is 0.345. The molecule has 1 atom stereocenters. The molecule has 0 saturated carbocycles. The van der Waals surface area contributed by atoms with Gasteiger partial charge in [-0.3, -0.25) is 0 Å². The van der Waals surface area contributed by atoms with Gasteiger partial charge in [0.15, 0.2) is 0 Å². The third-order valence-electron chi connectivity index (χ3n) is 7.73. The summed E-state index contributed by atoms with van der Waals surface area (Å²) in [4.78, 5) is 2.30. The molecule has 0 spiro atoms. The molecule has 0 aromatic heterocycles. The Balaban J connectivity index is 1.46. The molecule has 0 saturated heterocycles. The average Bonchev–Trinajstić information content (AvgIpc) is 3.13. The highest BCUT2D eigenvalue weighted by molar-refractivity contribution is 5.84. The number of aryl methyl sites for hydroxylation is 2. The highest BCUT2D eigenvalue weighted by Crippen LogP contribution is 2.46. The van der Waals surface area contributed by atoms with Crippen LogP contribution in [0.4, 0.5) is 5.69 Å². The Morgan fingerprint density at radius 1 is 0.838 bits per heavy atom. The fraction of sp³-hybridized carbons (Fsp3) is 0.257. The number of likely N-dealkylation sites (N-methyl/N-ethyl adjacent to an activating group) is 1. The number of ether oxygens (including phenoxy) is 1. The maximum absolute atomic E-state index is 6.50. The molecular formula is C35H37NO. The first kappa shape index (κ1) is 24.9. The average molecular weight is 488 g/mol. The van der Waals surface area contributed by atoms with Crippen molar-refractivity contribution in [1.29, 1.82) is 0 Å². The van der Waals surface area contributed by atoms with Crippen LogP contribution in [0.15, 0.2) is 109 Å². The summed E-state index contributed by atoms with van der Waals surface area (Å²) in [5, 5.41) is 0. The third kappa shape index (κ3) is 4.93. The van der Waals surface area contributed by atoms with E-state index in [1.165, 1.54) is 39.2 Å². The zero-order chi connectivity index (χ0) is 26.0. The number of allylic oxidation sites excluding steroid dienone is 5. The van der Waals surface area contributed by atoms with Crippen molar-refractivity contribution in [1.82, 2.24) is 0 Å². The van der Waals surface area contributed by atoms with E-state index < -0.39 is 0 Å². The summed E-state index contributed by atoms with van der Waals surface area (Å²) in [6.45, 7) is 8.97. The van der Waals surface area contributed by atoms with Gasteiger partial charge in [0.25, 0.3) is 0 Å². The Hall–Kier alpha value is -3.78. The van der Waals surface area contributed by atoms with Gasteiger partial charge in [0, 0.05) is 29.4 Å². The lowest BCUT2D eigenvalue weighted by Crippen LogP contribution is -2.22. The van der Waals surface area contributed by atoms with E-state index in [4.69, 9.17) is 4.74 Å². The van der Waals surface area contributed by atoms with Gasteiger partial charge < -0.3 is 9.64 Å². The van der Waals surface area contributed by atoms with Crippen molar-refractivity contribution in [2.75, 3.05) is 11.9 Å². The minimum atomic E-state index is -0.152. The Morgan fingerprint density at radius 3 is 2.08 bits per heavy atom. The number of hydrogen-bond acceptors (Lipinski definition) is 2. The number of rotatable bonds is 6. The van der Waals surface area contributed by atoms with Gasteiger partial charge in [0.2, 0.25) is 0 Å².